The van der Waals surface area contributed by atoms with Crippen molar-refractivity contribution >= 4 is 17.5 Å². The van der Waals surface area contributed by atoms with Crippen molar-refractivity contribution in [3.63, 3.8) is 0 Å². The standard InChI is InChI=1S/C17H26N4OS/c1-6-16-18-17(20-19-16)23-10-15(22)14-9-12(4)21(13(14)5)8-7-11(2)3/h9,11H,6-8,10H2,1-5H3,(H,18,19,20). The summed E-state index contributed by atoms with van der Waals surface area (Å²) >= 11 is 1.39. The maximum absolute atomic E-state index is 12.5. The van der Waals surface area contributed by atoms with E-state index in [4.69, 9.17) is 0 Å². The molecule has 0 amide bonds. The highest BCUT2D eigenvalue weighted by molar-refractivity contribution is 7.99. The van der Waals surface area contributed by atoms with Crippen molar-refractivity contribution in [1.82, 2.24) is 19.7 Å². The monoisotopic (exact) mass is 334 g/mol. The first-order valence-electron chi connectivity index (χ1n) is 8.16. The first kappa shape index (κ1) is 17.8. The van der Waals surface area contributed by atoms with Crippen molar-refractivity contribution in [1.29, 1.82) is 0 Å². The number of aromatic nitrogens is 4. The Morgan fingerprint density at radius 3 is 2.74 bits per heavy atom. The largest absolute Gasteiger partial charge is 0.348 e. The number of Topliss-reactive ketones (excluding diaryl/α,β-unsaturated/α-hetero) is 1. The van der Waals surface area contributed by atoms with Gasteiger partial charge in [-0.05, 0) is 32.3 Å². The van der Waals surface area contributed by atoms with Crippen LogP contribution in [0.5, 0.6) is 0 Å². The Kier molecular flexibility index (Phi) is 6.04. The molecular weight excluding hydrogens is 308 g/mol. The quantitative estimate of drug-likeness (QED) is 0.589. The SMILES string of the molecule is CCc1nc(SCC(=O)c2cc(C)n(CCC(C)C)c2C)n[nH]1. The predicted molar refractivity (Wildman–Crippen MR) is 94.2 cm³/mol. The van der Waals surface area contributed by atoms with E-state index in [9.17, 15) is 4.79 Å². The Balaban J connectivity index is 2.02. The van der Waals surface area contributed by atoms with Crippen LogP contribution in [0, 0.1) is 19.8 Å². The fourth-order valence-corrected chi connectivity index (χ4v) is 3.22. The number of hydrogen-bond acceptors (Lipinski definition) is 4. The minimum Gasteiger partial charge on any atom is -0.348 e. The summed E-state index contributed by atoms with van der Waals surface area (Å²) in [5.74, 6) is 2.02. The normalized spacial score (nSPS) is 11.4. The molecule has 6 heteroatoms. The molecule has 0 fully saturated rings. The van der Waals surface area contributed by atoms with E-state index >= 15 is 0 Å². The highest BCUT2D eigenvalue weighted by Crippen LogP contribution is 2.21. The van der Waals surface area contributed by atoms with E-state index in [1.165, 1.54) is 11.8 Å². The topological polar surface area (TPSA) is 63.6 Å². The maximum atomic E-state index is 12.5. The maximum Gasteiger partial charge on any atom is 0.208 e. The van der Waals surface area contributed by atoms with Crippen LogP contribution in [0.15, 0.2) is 11.2 Å². The predicted octanol–water partition coefficient (Wildman–Crippen LogP) is 3.81. The van der Waals surface area contributed by atoms with Crippen molar-refractivity contribution in [2.75, 3.05) is 5.75 Å². The van der Waals surface area contributed by atoms with Crippen LogP contribution < -0.4 is 0 Å². The number of nitrogens with one attached hydrogen (secondary N) is 1. The van der Waals surface area contributed by atoms with Gasteiger partial charge in [0.25, 0.3) is 0 Å². The zero-order chi connectivity index (χ0) is 17.0. The highest BCUT2D eigenvalue weighted by atomic mass is 32.2. The third kappa shape index (κ3) is 4.47. The van der Waals surface area contributed by atoms with Gasteiger partial charge in [0, 0.05) is 29.9 Å². The van der Waals surface area contributed by atoms with Gasteiger partial charge in [0.15, 0.2) is 5.78 Å². The Morgan fingerprint density at radius 1 is 1.39 bits per heavy atom. The average molecular weight is 334 g/mol. The molecule has 2 aromatic heterocycles. The summed E-state index contributed by atoms with van der Waals surface area (Å²) in [7, 11) is 0. The fraction of sp³-hybridized carbons (Fsp3) is 0.588. The first-order chi connectivity index (χ1) is 10.9. The van der Waals surface area contributed by atoms with Gasteiger partial charge in [-0.3, -0.25) is 9.89 Å². The van der Waals surface area contributed by atoms with Crippen LogP contribution in [-0.2, 0) is 13.0 Å². The van der Waals surface area contributed by atoms with Crippen LogP contribution in [0.3, 0.4) is 0 Å². The summed E-state index contributed by atoms with van der Waals surface area (Å²) < 4.78 is 2.25. The van der Waals surface area contributed by atoms with Crippen LogP contribution in [0.2, 0.25) is 0 Å². The number of ketones is 1. The molecule has 0 bridgehead atoms. The number of aromatic amines is 1. The molecule has 0 aliphatic heterocycles. The van der Waals surface area contributed by atoms with E-state index in [1.54, 1.807) is 0 Å². The molecule has 0 spiro atoms. The number of aryl methyl sites for hydroxylation is 2. The lowest BCUT2D eigenvalue weighted by atomic mass is 10.1. The summed E-state index contributed by atoms with van der Waals surface area (Å²) in [6.07, 6.45) is 1.94. The van der Waals surface area contributed by atoms with Crippen LogP contribution in [-0.4, -0.2) is 31.3 Å². The summed E-state index contributed by atoms with van der Waals surface area (Å²) in [5.41, 5.74) is 3.05. The second-order valence-corrected chi connectivity index (χ2v) is 7.19. The van der Waals surface area contributed by atoms with E-state index in [-0.39, 0.29) is 5.78 Å². The third-order valence-corrected chi connectivity index (χ3v) is 4.83. The van der Waals surface area contributed by atoms with Crippen LogP contribution in [0.25, 0.3) is 0 Å². The molecule has 1 N–H and O–H groups in total. The van der Waals surface area contributed by atoms with Crippen molar-refractivity contribution in [3.05, 3.63) is 28.8 Å². The van der Waals surface area contributed by atoms with Crippen molar-refractivity contribution < 1.29 is 4.79 Å². The number of H-pyrrole nitrogens is 1. The van der Waals surface area contributed by atoms with Gasteiger partial charge in [-0.15, -0.1) is 5.10 Å². The number of carbonyl (C=O) groups is 1. The molecule has 23 heavy (non-hydrogen) atoms. The second-order valence-electron chi connectivity index (χ2n) is 6.25. The van der Waals surface area contributed by atoms with Crippen molar-refractivity contribution in [2.24, 2.45) is 5.92 Å². The molecule has 0 saturated carbocycles. The molecule has 0 aromatic carbocycles. The fourth-order valence-electron chi connectivity index (χ4n) is 2.52. The van der Waals surface area contributed by atoms with Crippen LogP contribution >= 0.6 is 11.8 Å². The molecule has 0 aliphatic carbocycles. The van der Waals surface area contributed by atoms with Gasteiger partial charge in [-0.25, -0.2) is 4.98 Å². The van der Waals surface area contributed by atoms with E-state index in [2.05, 4.69) is 40.5 Å². The van der Waals surface area contributed by atoms with Gasteiger partial charge >= 0.3 is 0 Å². The summed E-state index contributed by atoms with van der Waals surface area (Å²) in [6.45, 7) is 11.5. The Morgan fingerprint density at radius 2 is 2.13 bits per heavy atom. The zero-order valence-electron chi connectivity index (χ0n) is 14.6. The van der Waals surface area contributed by atoms with Gasteiger partial charge in [-0.1, -0.05) is 32.5 Å². The van der Waals surface area contributed by atoms with Gasteiger partial charge < -0.3 is 4.57 Å². The average Bonchev–Trinajstić information content (AvgIpc) is 3.08. The Bertz CT molecular complexity index is 672. The number of hydrogen-bond donors (Lipinski definition) is 1. The molecule has 2 aromatic rings. The highest BCUT2D eigenvalue weighted by Gasteiger charge is 2.17. The molecule has 0 aliphatic rings. The minimum atomic E-state index is 0.141. The molecule has 2 rings (SSSR count). The molecule has 0 unspecified atom stereocenters. The zero-order valence-corrected chi connectivity index (χ0v) is 15.5. The van der Waals surface area contributed by atoms with Crippen LogP contribution in [0.4, 0.5) is 0 Å². The lowest BCUT2D eigenvalue weighted by Gasteiger charge is -2.11. The molecule has 5 nitrogen and oxygen atoms in total. The third-order valence-electron chi connectivity index (χ3n) is 3.98. The smallest absolute Gasteiger partial charge is 0.208 e. The number of carbonyl (C=O) groups excluding carboxylic acids is 1. The Hall–Kier alpha value is -1.56. The number of rotatable bonds is 8. The molecular formula is C17H26N4OS. The van der Waals surface area contributed by atoms with E-state index < -0.39 is 0 Å². The molecule has 0 radical (unpaired) electrons. The van der Waals surface area contributed by atoms with E-state index in [1.807, 2.05) is 19.9 Å². The second kappa shape index (κ2) is 7.81. The molecule has 0 atom stereocenters. The first-order valence-corrected chi connectivity index (χ1v) is 9.14. The summed E-state index contributed by atoms with van der Waals surface area (Å²) in [5, 5.41) is 7.63. The van der Waals surface area contributed by atoms with Gasteiger partial charge in [0.1, 0.15) is 5.82 Å². The number of nitrogens with zero attached hydrogens (tertiary/aromatic N) is 3. The van der Waals surface area contributed by atoms with E-state index in [0.29, 0.717) is 16.8 Å². The number of thioether (sulfide) groups is 1. The van der Waals surface area contributed by atoms with Gasteiger partial charge in [0.2, 0.25) is 5.16 Å². The van der Waals surface area contributed by atoms with Gasteiger partial charge in [0.05, 0.1) is 5.75 Å². The lowest BCUT2D eigenvalue weighted by molar-refractivity contribution is 0.102. The summed E-state index contributed by atoms with van der Waals surface area (Å²) in [6, 6.07) is 2.01. The minimum absolute atomic E-state index is 0.141. The van der Waals surface area contributed by atoms with Crippen LogP contribution in [0.1, 0.15) is 54.8 Å². The molecule has 2 heterocycles. The molecule has 0 saturated heterocycles. The van der Waals surface area contributed by atoms with Gasteiger partial charge in [-0.2, -0.15) is 0 Å². The van der Waals surface area contributed by atoms with Crippen molar-refractivity contribution in [3.8, 4) is 0 Å². The molecule has 126 valence electrons. The lowest BCUT2D eigenvalue weighted by Crippen LogP contribution is -2.08. The summed E-state index contributed by atoms with van der Waals surface area (Å²) in [4.78, 5) is 16.8. The van der Waals surface area contributed by atoms with Crippen molar-refractivity contribution in [2.45, 2.75) is 59.2 Å². The van der Waals surface area contributed by atoms with E-state index in [0.717, 1.165) is 42.2 Å². The Labute approximate surface area is 142 Å².